The Balaban J connectivity index is 1.76. The fourth-order valence-electron chi connectivity index (χ4n) is 2.39. The van der Waals surface area contributed by atoms with E-state index in [-0.39, 0.29) is 0 Å². The van der Waals surface area contributed by atoms with Crippen LogP contribution in [0.4, 0.5) is 5.95 Å². The summed E-state index contributed by atoms with van der Waals surface area (Å²) in [4.78, 5) is 0. The number of aryl methyl sites for hydroxylation is 1. The summed E-state index contributed by atoms with van der Waals surface area (Å²) >= 11 is 0. The second kappa shape index (κ2) is 7.45. The van der Waals surface area contributed by atoms with Crippen molar-refractivity contribution in [2.45, 2.75) is 20.1 Å². The van der Waals surface area contributed by atoms with E-state index in [0.29, 0.717) is 30.6 Å². The van der Waals surface area contributed by atoms with Crippen molar-refractivity contribution in [3.8, 4) is 11.5 Å². The van der Waals surface area contributed by atoms with E-state index in [4.69, 9.17) is 9.47 Å². The number of anilines is 1. The Kier molecular flexibility index (Phi) is 4.90. The average Bonchev–Trinajstić information content (AvgIpc) is 3.12. The number of rotatable bonds is 7. The van der Waals surface area contributed by atoms with Crippen LogP contribution in [-0.4, -0.2) is 27.7 Å². The van der Waals surface area contributed by atoms with Crippen molar-refractivity contribution in [2.75, 3.05) is 12.4 Å². The largest absolute Gasteiger partial charge is 0.493 e. The van der Waals surface area contributed by atoms with Gasteiger partial charge in [0.25, 0.3) is 5.95 Å². The molecule has 0 aliphatic rings. The lowest BCUT2D eigenvalue weighted by molar-refractivity contribution is 0.281. The van der Waals surface area contributed by atoms with Crippen molar-refractivity contribution in [3.05, 3.63) is 59.2 Å². The van der Waals surface area contributed by atoms with E-state index in [1.807, 2.05) is 30.3 Å². The topological polar surface area (TPSA) is 85.0 Å². The van der Waals surface area contributed by atoms with Gasteiger partial charge in [0.2, 0.25) is 0 Å². The number of ether oxygens (including phenoxy) is 2. The van der Waals surface area contributed by atoms with Crippen LogP contribution in [0.1, 0.15) is 16.7 Å². The lowest BCUT2D eigenvalue weighted by Gasteiger charge is -2.15. The van der Waals surface area contributed by atoms with Crippen LogP contribution in [0.3, 0.4) is 0 Å². The lowest BCUT2D eigenvalue weighted by Crippen LogP contribution is -2.06. The molecule has 0 aliphatic carbocycles. The first-order chi connectivity index (χ1) is 11.8. The average molecular weight is 325 g/mol. The number of hydrogen-bond donors (Lipinski definition) is 2. The number of para-hydroxylation sites is 1. The monoisotopic (exact) mass is 325 g/mol. The maximum atomic E-state index is 6.04. The molecular weight excluding hydrogens is 306 g/mol. The van der Waals surface area contributed by atoms with Crippen molar-refractivity contribution < 1.29 is 9.47 Å². The van der Waals surface area contributed by atoms with E-state index in [2.05, 4.69) is 45.0 Å². The maximum Gasteiger partial charge on any atom is 0.263 e. The second-order valence-corrected chi connectivity index (χ2v) is 5.32. The third-order valence-electron chi connectivity index (χ3n) is 3.53. The number of benzene rings is 2. The molecule has 0 atom stereocenters. The summed E-state index contributed by atoms with van der Waals surface area (Å²) in [5, 5.41) is 16.8. The minimum Gasteiger partial charge on any atom is -0.493 e. The van der Waals surface area contributed by atoms with Gasteiger partial charge in [-0.1, -0.05) is 47.1 Å². The fraction of sp³-hybridized carbons (Fsp3) is 0.235. The standard InChI is InChI=1S/C17H19N5O2/c1-12-5-3-6-13(9-12)11-24-16-14(7-4-8-15(16)23-2)10-18-17-19-21-22-20-17/h3-9H,10-11H2,1-2H3,(H2,18,19,20,21,22). The Morgan fingerprint density at radius 2 is 2.04 bits per heavy atom. The summed E-state index contributed by atoms with van der Waals surface area (Å²) in [6.45, 7) is 3.03. The Hall–Kier alpha value is -3.09. The Labute approximate surface area is 140 Å². The highest BCUT2D eigenvalue weighted by atomic mass is 16.5. The van der Waals surface area contributed by atoms with Crippen molar-refractivity contribution >= 4 is 5.95 Å². The molecule has 7 heteroatoms. The molecule has 0 unspecified atom stereocenters. The molecule has 0 bridgehead atoms. The molecule has 3 aromatic rings. The SMILES string of the molecule is COc1cccc(CNc2nn[nH]n2)c1OCc1cccc(C)c1. The Morgan fingerprint density at radius 3 is 2.79 bits per heavy atom. The summed E-state index contributed by atoms with van der Waals surface area (Å²) in [6, 6.07) is 14.0. The maximum absolute atomic E-state index is 6.04. The molecule has 0 amide bonds. The minimum atomic E-state index is 0.433. The molecule has 0 radical (unpaired) electrons. The number of tetrazole rings is 1. The first kappa shape index (κ1) is 15.8. The van der Waals surface area contributed by atoms with Crippen LogP contribution >= 0.6 is 0 Å². The normalized spacial score (nSPS) is 10.4. The molecule has 0 spiro atoms. The van der Waals surface area contributed by atoms with Crippen molar-refractivity contribution in [2.24, 2.45) is 0 Å². The first-order valence-corrected chi connectivity index (χ1v) is 7.58. The zero-order valence-electron chi connectivity index (χ0n) is 13.6. The van der Waals surface area contributed by atoms with Gasteiger partial charge < -0.3 is 14.8 Å². The van der Waals surface area contributed by atoms with E-state index in [9.17, 15) is 0 Å². The third kappa shape index (κ3) is 3.81. The molecule has 0 aliphatic heterocycles. The molecule has 0 fully saturated rings. The summed E-state index contributed by atoms with van der Waals surface area (Å²) in [5.74, 6) is 1.83. The molecule has 1 heterocycles. The molecule has 124 valence electrons. The van der Waals surface area contributed by atoms with Crippen LogP contribution in [0.5, 0.6) is 11.5 Å². The van der Waals surface area contributed by atoms with Gasteiger partial charge in [0, 0.05) is 12.1 Å². The number of nitrogens with one attached hydrogen (secondary N) is 2. The van der Waals surface area contributed by atoms with Gasteiger partial charge in [-0.05, 0) is 23.8 Å². The predicted molar refractivity (Wildman–Crippen MR) is 90.0 cm³/mol. The second-order valence-electron chi connectivity index (χ2n) is 5.32. The van der Waals surface area contributed by atoms with Crippen molar-refractivity contribution in [1.82, 2.24) is 20.6 Å². The number of hydrogen-bond acceptors (Lipinski definition) is 6. The van der Waals surface area contributed by atoms with E-state index < -0.39 is 0 Å². The molecule has 0 saturated carbocycles. The smallest absolute Gasteiger partial charge is 0.263 e. The van der Waals surface area contributed by atoms with Crippen molar-refractivity contribution in [1.29, 1.82) is 0 Å². The molecule has 3 rings (SSSR count). The zero-order valence-corrected chi connectivity index (χ0v) is 13.6. The summed E-state index contributed by atoms with van der Waals surface area (Å²) in [6.07, 6.45) is 0. The van der Waals surface area contributed by atoms with Gasteiger partial charge in [-0.25, -0.2) is 0 Å². The molecule has 1 aromatic heterocycles. The zero-order chi connectivity index (χ0) is 16.8. The number of aromatic nitrogens is 4. The van der Waals surface area contributed by atoms with E-state index in [0.717, 1.165) is 11.1 Å². The fourth-order valence-corrected chi connectivity index (χ4v) is 2.39. The van der Waals surface area contributed by atoms with Crippen LogP contribution in [0.15, 0.2) is 42.5 Å². The van der Waals surface area contributed by atoms with Gasteiger partial charge in [0.15, 0.2) is 11.5 Å². The highest BCUT2D eigenvalue weighted by molar-refractivity contribution is 5.48. The van der Waals surface area contributed by atoms with Crippen LogP contribution in [0, 0.1) is 6.92 Å². The first-order valence-electron chi connectivity index (χ1n) is 7.58. The molecule has 0 saturated heterocycles. The molecule has 24 heavy (non-hydrogen) atoms. The Morgan fingerprint density at radius 1 is 1.17 bits per heavy atom. The van der Waals surface area contributed by atoms with Crippen molar-refractivity contribution in [3.63, 3.8) is 0 Å². The van der Waals surface area contributed by atoms with Gasteiger partial charge >= 0.3 is 0 Å². The van der Waals surface area contributed by atoms with Crippen LogP contribution < -0.4 is 14.8 Å². The van der Waals surface area contributed by atoms with Crippen LogP contribution in [0.25, 0.3) is 0 Å². The van der Waals surface area contributed by atoms with E-state index in [1.54, 1.807) is 7.11 Å². The summed E-state index contributed by atoms with van der Waals surface area (Å²) in [5.41, 5.74) is 3.26. The highest BCUT2D eigenvalue weighted by Gasteiger charge is 2.11. The molecule has 7 nitrogen and oxygen atoms in total. The quantitative estimate of drug-likeness (QED) is 0.695. The Bertz CT molecular complexity index is 789. The summed E-state index contributed by atoms with van der Waals surface area (Å²) in [7, 11) is 1.63. The molecule has 2 aromatic carbocycles. The number of aromatic amines is 1. The minimum absolute atomic E-state index is 0.433. The van der Waals surface area contributed by atoms with E-state index in [1.165, 1.54) is 5.56 Å². The number of nitrogens with zero attached hydrogens (tertiary/aromatic N) is 3. The predicted octanol–water partition coefficient (Wildman–Crippen LogP) is 2.71. The van der Waals surface area contributed by atoms with Gasteiger partial charge in [0.1, 0.15) is 6.61 Å². The van der Waals surface area contributed by atoms with Crippen LogP contribution in [0.2, 0.25) is 0 Å². The van der Waals surface area contributed by atoms with Crippen LogP contribution in [-0.2, 0) is 13.2 Å². The van der Waals surface area contributed by atoms with E-state index >= 15 is 0 Å². The number of H-pyrrole nitrogens is 1. The van der Waals surface area contributed by atoms with Gasteiger partial charge in [0.05, 0.1) is 7.11 Å². The lowest BCUT2D eigenvalue weighted by atomic mass is 10.1. The molecular formula is C17H19N5O2. The van der Waals surface area contributed by atoms with Gasteiger partial charge in [-0.2, -0.15) is 5.21 Å². The third-order valence-corrected chi connectivity index (χ3v) is 3.53. The molecule has 2 N–H and O–H groups in total. The van der Waals surface area contributed by atoms with Gasteiger partial charge in [-0.15, -0.1) is 5.10 Å². The van der Waals surface area contributed by atoms with Gasteiger partial charge in [-0.3, -0.25) is 0 Å². The summed E-state index contributed by atoms with van der Waals surface area (Å²) < 4.78 is 11.5. The highest BCUT2D eigenvalue weighted by Crippen LogP contribution is 2.32. The number of methoxy groups -OCH3 is 1.